The summed E-state index contributed by atoms with van der Waals surface area (Å²) in [5, 5.41) is 3.02. The van der Waals surface area contributed by atoms with E-state index in [0.29, 0.717) is 19.6 Å². The van der Waals surface area contributed by atoms with Gasteiger partial charge in [0.05, 0.1) is 6.04 Å². The van der Waals surface area contributed by atoms with Crippen LogP contribution < -0.4 is 5.32 Å². The van der Waals surface area contributed by atoms with E-state index in [0.717, 1.165) is 12.8 Å². The van der Waals surface area contributed by atoms with Crippen molar-refractivity contribution < 1.29 is 9.59 Å². The predicted molar refractivity (Wildman–Crippen MR) is 71.2 cm³/mol. The standard InChI is InChI=1S/C13H25N3O2/c1-5-15(6-2)12(17)10(3)16-9-7-8-11(14-4)13(16)18/h10-11,14H,5-9H2,1-4H3. The van der Waals surface area contributed by atoms with Gasteiger partial charge in [-0.05, 0) is 40.7 Å². The van der Waals surface area contributed by atoms with Crippen molar-refractivity contribution in [3.05, 3.63) is 0 Å². The lowest BCUT2D eigenvalue weighted by atomic mass is 10.0. The van der Waals surface area contributed by atoms with Gasteiger partial charge < -0.3 is 15.1 Å². The molecule has 1 N–H and O–H groups in total. The number of hydrogen-bond donors (Lipinski definition) is 1. The van der Waals surface area contributed by atoms with Gasteiger partial charge in [-0.25, -0.2) is 0 Å². The summed E-state index contributed by atoms with van der Waals surface area (Å²) in [7, 11) is 1.79. The summed E-state index contributed by atoms with van der Waals surface area (Å²) in [6.07, 6.45) is 1.81. The van der Waals surface area contributed by atoms with Crippen molar-refractivity contribution >= 4 is 11.8 Å². The minimum absolute atomic E-state index is 0.0464. The highest BCUT2D eigenvalue weighted by atomic mass is 16.2. The monoisotopic (exact) mass is 255 g/mol. The van der Waals surface area contributed by atoms with Crippen molar-refractivity contribution in [3.8, 4) is 0 Å². The zero-order chi connectivity index (χ0) is 13.7. The molecule has 1 rings (SSSR count). The number of nitrogens with one attached hydrogen (secondary N) is 1. The second kappa shape index (κ2) is 6.73. The van der Waals surface area contributed by atoms with Crippen LogP contribution in [-0.4, -0.2) is 60.4 Å². The van der Waals surface area contributed by atoms with Gasteiger partial charge in [0.25, 0.3) is 0 Å². The van der Waals surface area contributed by atoms with Gasteiger partial charge in [-0.1, -0.05) is 0 Å². The lowest BCUT2D eigenvalue weighted by Crippen LogP contribution is -2.57. The van der Waals surface area contributed by atoms with Crippen molar-refractivity contribution in [2.75, 3.05) is 26.7 Å². The molecule has 1 heterocycles. The zero-order valence-electron chi connectivity index (χ0n) is 11.9. The minimum atomic E-state index is -0.353. The van der Waals surface area contributed by atoms with Crippen molar-refractivity contribution in [1.29, 1.82) is 0 Å². The Morgan fingerprint density at radius 2 is 2.11 bits per heavy atom. The molecule has 1 aliphatic heterocycles. The van der Waals surface area contributed by atoms with Gasteiger partial charge in [0.15, 0.2) is 0 Å². The van der Waals surface area contributed by atoms with Crippen LogP contribution in [0.15, 0.2) is 0 Å². The second-order valence-corrected chi connectivity index (χ2v) is 4.70. The van der Waals surface area contributed by atoms with Crippen molar-refractivity contribution in [2.24, 2.45) is 0 Å². The molecular weight excluding hydrogens is 230 g/mol. The number of likely N-dealkylation sites (tertiary alicyclic amines) is 1. The van der Waals surface area contributed by atoms with E-state index in [2.05, 4.69) is 5.32 Å². The number of hydrogen-bond acceptors (Lipinski definition) is 3. The molecule has 0 radical (unpaired) electrons. The Labute approximate surface area is 110 Å². The molecule has 104 valence electrons. The lowest BCUT2D eigenvalue weighted by molar-refractivity contribution is -0.147. The zero-order valence-corrected chi connectivity index (χ0v) is 11.9. The van der Waals surface area contributed by atoms with E-state index in [1.807, 2.05) is 20.8 Å². The van der Waals surface area contributed by atoms with Crippen LogP contribution in [-0.2, 0) is 9.59 Å². The van der Waals surface area contributed by atoms with Crippen LogP contribution in [0.4, 0.5) is 0 Å². The Morgan fingerprint density at radius 1 is 1.50 bits per heavy atom. The Balaban J connectivity index is 2.73. The molecular formula is C13H25N3O2. The molecule has 5 heteroatoms. The third-order valence-corrected chi connectivity index (χ3v) is 3.72. The van der Waals surface area contributed by atoms with Gasteiger partial charge >= 0.3 is 0 Å². The van der Waals surface area contributed by atoms with Gasteiger partial charge in [-0.3, -0.25) is 9.59 Å². The lowest BCUT2D eigenvalue weighted by Gasteiger charge is -2.37. The molecule has 2 amide bonds. The molecule has 0 saturated carbocycles. The highest BCUT2D eigenvalue weighted by Crippen LogP contribution is 2.15. The van der Waals surface area contributed by atoms with Crippen molar-refractivity contribution in [2.45, 2.75) is 45.7 Å². The van der Waals surface area contributed by atoms with Gasteiger partial charge in [0.1, 0.15) is 6.04 Å². The Hall–Kier alpha value is -1.10. The molecule has 0 bridgehead atoms. The molecule has 1 fully saturated rings. The summed E-state index contributed by atoms with van der Waals surface area (Å²) in [5.41, 5.74) is 0. The first-order valence-corrected chi connectivity index (χ1v) is 6.83. The summed E-state index contributed by atoms with van der Waals surface area (Å²) in [4.78, 5) is 27.9. The van der Waals surface area contributed by atoms with E-state index in [1.165, 1.54) is 0 Å². The largest absolute Gasteiger partial charge is 0.341 e. The Kier molecular flexibility index (Phi) is 5.59. The maximum Gasteiger partial charge on any atom is 0.245 e. The molecule has 2 atom stereocenters. The summed E-state index contributed by atoms with van der Waals surface area (Å²) >= 11 is 0. The van der Waals surface area contributed by atoms with Crippen LogP contribution in [0.5, 0.6) is 0 Å². The third-order valence-electron chi connectivity index (χ3n) is 3.72. The normalized spacial score (nSPS) is 21.9. The Morgan fingerprint density at radius 3 is 2.61 bits per heavy atom. The molecule has 0 aromatic rings. The van der Waals surface area contributed by atoms with Crippen LogP contribution in [0.3, 0.4) is 0 Å². The van der Waals surface area contributed by atoms with Gasteiger partial charge in [0, 0.05) is 19.6 Å². The summed E-state index contributed by atoms with van der Waals surface area (Å²) in [6.45, 7) is 7.82. The van der Waals surface area contributed by atoms with E-state index < -0.39 is 0 Å². The summed E-state index contributed by atoms with van der Waals surface area (Å²) in [6, 6.07) is -0.487. The average molecular weight is 255 g/mol. The number of likely N-dealkylation sites (N-methyl/N-ethyl adjacent to an activating group) is 2. The maximum atomic E-state index is 12.3. The van der Waals surface area contributed by atoms with Crippen LogP contribution >= 0.6 is 0 Å². The number of nitrogens with zero attached hydrogens (tertiary/aromatic N) is 2. The highest BCUT2D eigenvalue weighted by Gasteiger charge is 2.34. The topological polar surface area (TPSA) is 52.7 Å². The fourth-order valence-electron chi connectivity index (χ4n) is 2.48. The van der Waals surface area contributed by atoms with Crippen LogP contribution in [0.1, 0.15) is 33.6 Å². The molecule has 1 aliphatic rings. The van der Waals surface area contributed by atoms with E-state index in [-0.39, 0.29) is 23.9 Å². The SMILES string of the molecule is CCN(CC)C(=O)C(C)N1CCCC(NC)C1=O. The molecule has 1 saturated heterocycles. The van der Waals surface area contributed by atoms with Gasteiger partial charge in [0.2, 0.25) is 11.8 Å². The van der Waals surface area contributed by atoms with Crippen LogP contribution in [0, 0.1) is 0 Å². The van der Waals surface area contributed by atoms with E-state index in [4.69, 9.17) is 0 Å². The van der Waals surface area contributed by atoms with Gasteiger partial charge in [-0.2, -0.15) is 0 Å². The fraction of sp³-hybridized carbons (Fsp3) is 0.846. The number of amides is 2. The molecule has 18 heavy (non-hydrogen) atoms. The first kappa shape index (κ1) is 15.0. The number of piperidine rings is 1. The van der Waals surface area contributed by atoms with E-state index >= 15 is 0 Å². The summed E-state index contributed by atoms with van der Waals surface area (Å²) < 4.78 is 0. The molecule has 0 aromatic carbocycles. The molecule has 0 aliphatic carbocycles. The first-order valence-electron chi connectivity index (χ1n) is 6.83. The van der Waals surface area contributed by atoms with Crippen LogP contribution in [0.25, 0.3) is 0 Å². The van der Waals surface area contributed by atoms with E-state index in [1.54, 1.807) is 16.8 Å². The van der Waals surface area contributed by atoms with E-state index in [9.17, 15) is 9.59 Å². The average Bonchev–Trinajstić information content (AvgIpc) is 2.39. The molecule has 0 spiro atoms. The number of carbonyl (C=O) groups excluding carboxylic acids is 2. The predicted octanol–water partition coefficient (Wildman–Crippen LogP) is 0.454. The van der Waals surface area contributed by atoms with Crippen LogP contribution in [0.2, 0.25) is 0 Å². The van der Waals surface area contributed by atoms with Gasteiger partial charge in [-0.15, -0.1) is 0 Å². The van der Waals surface area contributed by atoms with Crippen molar-refractivity contribution in [1.82, 2.24) is 15.1 Å². The molecule has 5 nitrogen and oxygen atoms in total. The summed E-state index contributed by atoms with van der Waals surface area (Å²) in [5.74, 6) is 0.0989. The molecule has 2 unspecified atom stereocenters. The number of rotatable bonds is 5. The number of carbonyl (C=O) groups is 2. The first-order chi connectivity index (χ1) is 8.56. The molecule has 0 aromatic heterocycles. The fourth-order valence-corrected chi connectivity index (χ4v) is 2.48. The smallest absolute Gasteiger partial charge is 0.245 e. The second-order valence-electron chi connectivity index (χ2n) is 4.70. The minimum Gasteiger partial charge on any atom is -0.341 e. The highest BCUT2D eigenvalue weighted by molar-refractivity contribution is 5.90. The third kappa shape index (κ3) is 3.02. The van der Waals surface area contributed by atoms with Crippen molar-refractivity contribution in [3.63, 3.8) is 0 Å². The quantitative estimate of drug-likeness (QED) is 0.776. The maximum absolute atomic E-state index is 12.3. The Bertz CT molecular complexity index is 303.